The molecule has 0 saturated heterocycles. The van der Waals surface area contributed by atoms with Gasteiger partial charge in [-0.05, 0) is 19.9 Å². The molecule has 0 aliphatic rings. The predicted molar refractivity (Wildman–Crippen MR) is 50.6 cm³/mol. The Morgan fingerprint density at radius 2 is 2.00 bits per heavy atom. The maximum absolute atomic E-state index is 11.1. The van der Waals surface area contributed by atoms with Gasteiger partial charge in [0.05, 0.1) is 6.61 Å². The van der Waals surface area contributed by atoms with Gasteiger partial charge in [-0.3, -0.25) is 9.59 Å². The van der Waals surface area contributed by atoms with E-state index in [1.807, 2.05) is 0 Å². The first-order valence-corrected chi connectivity index (χ1v) is 4.44. The zero-order chi connectivity index (χ0) is 10.4. The Kier molecular flexibility index (Phi) is 5.75. The zero-order valence-corrected chi connectivity index (χ0v) is 8.85. The first kappa shape index (κ1) is 12.5. The number of carbonyl (C=O) groups is 2. The highest BCUT2D eigenvalue weighted by atomic mass is 35.5. The highest BCUT2D eigenvalue weighted by Gasteiger charge is 2.22. The van der Waals surface area contributed by atoms with E-state index in [4.69, 9.17) is 23.2 Å². The second-order valence-electron chi connectivity index (χ2n) is 2.30. The van der Waals surface area contributed by atoms with Gasteiger partial charge in [0.25, 0.3) is 0 Å². The summed E-state index contributed by atoms with van der Waals surface area (Å²) in [4.78, 5) is 22.0. The van der Waals surface area contributed by atoms with E-state index in [-0.39, 0.29) is 16.9 Å². The zero-order valence-electron chi connectivity index (χ0n) is 7.34. The lowest BCUT2D eigenvalue weighted by atomic mass is 10.1. The summed E-state index contributed by atoms with van der Waals surface area (Å²) in [6.07, 6.45) is 1.16. The van der Waals surface area contributed by atoms with Crippen LogP contribution in [0.4, 0.5) is 0 Å². The number of halogens is 2. The molecule has 0 unspecified atom stereocenters. The third-order valence-electron chi connectivity index (χ3n) is 1.27. The van der Waals surface area contributed by atoms with Gasteiger partial charge in [0, 0.05) is 0 Å². The second-order valence-corrected chi connectivity index (χ2v) is 3.30. The van der Waals surface area contributed by atoms with Gasteiger partial charge in [-0.2, -0.15) is 0 Å². The van der Waals surface area contributed by atoms with E-state index in [0.717, 1.165) is 6.08 Å². The topological polar surface area (TPSA) is 43.4 Å². The van der Waals surface area contributed by atoms with Crippen molar-refractivity contribution >= 4 is 35.0 Å². The Bertz CT molecular complexity index is 232. The Labute approximate surface area is 86.6 Å². The average molecular weight is 225 g/mol. The van der Waals surface area contributed by atoms with Crippen LogP contribution in [0.2, 0.25) is 0 Å². The minimum absolute atomic E-state index is 0.117. The number of hydrogen-bond donors (Lipinski definition) is 0. The molecule has 0 fully saturated rings. The number of Topliss-reactive ketones (excluding diaryl/α,β-unsaturated/α-hetero) is 1. The van der Waals surface area contributed by atoms with Crippen molar-refractivity contribution in [3.63, 3.8) is 0 Å². The fourth-order valence-electron chi connectivity index (χ4n) is 0.709. The van der Waals surface area contributed by atoms with Crippen LogP contribution >= 0.6 is 23.2 Å². The van der Waals surface area contributed by atoms with E-state index in [0.29, 0.717) is 0 Å². The molecule has 13 heavy (non-hydrogen) atoms. The monoisotopic (exact) mass is 224 g/mol. The van der Waals surface area contributed by atoms with Crippen LogP contribution in [0.15, 0.2) is 10.6 Å². The molecule has 3 nitrogen and oxygen atoms in total. The van der Waals surface area contributed by atoms with Gasteiger partial charge < -0.3 is 4.74 Å². The van der Waals surface area contributed by atoms with Crippen LogP contribution in [0.1, 0.15) is 13.8 Å². The highest BCUT2D eigenvalue weighted by molar-refractivity contribution is 6.56. The molecule has 0 aliphatic carbocycles. The van der Waals surface area contributed by atoms with Crippen LogP contribution in [0.25, 0.3) is 0 Å². The fourth-order valence-corrected chi connectivity index (χ4v) is 0.961. The number of esters is 1. The summed E-state index contributed by atoms with van der Waals surface area (Å²) in [6, 6.07) is 0. The summed E-state index contributed by atoms with van der Waals surface area (Å²) < 4.78 is 4.53. The van der Waals surface area contributed by atoms with E-state index in [2.05, 4.69) is 4.74 Å². The highest BCUT2D eigenvalue weighted by Crippen LogP contribution is 2.13. The Morgan fingerprint density at radius 1 is 1.46 bits per heavy atom. The van der Waals surface area contributed by atoms with Gasteiger partial charge in [-0.15, -0.1) is 0 Å². The summed E-state index contributed by atoms with van der Waals surface area (Å²) in [7, 11) is 0. The molecule has 0 aromatic rings. The van der Waals surface area contributed by atoms with E-state index in [1.165, 1.54) is 6.92 Å². The first-order valence-electron chi connectivity index (χ1n) is 3.69. The Morgan fingerprint density at radius 3 is 2.31 bits per heavy atom. The fraction of sp³-hybridized carbons (Fsp3) is 0.500. The Hall–Kier alpha value is -0.540. The first-order chi connectivity index (χ1) is 5.99. The molecule has 74 valence electrons. The lowest BCUT2D eigenvalue weighted by Crippen LogP contribution is -2.22. The summed E-state index contributed by atoms with van der Waals surface area (Å²) in [6.45, 7) is 3.15. The molecule has 0 amide bonds. The van der Waals surface area contributed by atoms with Crippen LogP contribution in [0, 0.1) is 5.92 Å². The maximum atomic E-state index is 11.1. The molecule has 0 saturated carbocycles. The van der Waals surface area contributed by atoms with Crippen molar-refractivity contribution in [2.75, 3.05) is 6.61 Å². The SMILES string of the molecule is CCOC(=O)[C@H](C=C(Cl)Cl)C(C)=O. The van der Waals surface area contributed by atoms with Crippen molar-refractivity contribution in [2.24, 2.45) is 5.92 Å². The quantitative estimate of drug-likeness (QED) is 0.543. The molecule has 0 bridgehead atoms. The van der Waals surface area contributed by atoms with E-state index < -0.39 is 11.9 Å². The molecular weight excluding hydrogens is 215 g/mol. The van der Waals surface area contributed by atoms with Crippen LogP contribution in [-0.2, 0) is 14.3 Å². The minimum atomic E-state index is -0.995. The Balaban J connectivity index is 4.52. The van der Waals surface area contributed by atoms with Crippen molar-refractivity contribution < 1.29 is 14.3 Å². The van der Waals surface area contributed by atoms with Crippen LogP contribution in [0.3, 0.4) is 0 Å². The molecular formula is C8H10Cl2O3. The molecule has 0 heterocycles. The van der Waals surface area contributed by atoms with Crippen molar-refractivity contribution in [3.8, 4) is 0 Å². The largest absolute Gasteiger partial charge is 0.465 e. The third-order valence-corrected chi connectivity index (χ3v) is 1.52. The summed E-state index contributed by atoms with van der Waals surface area (Å²) >= 11 is 10.7. The minimum Gasteiger partial charge on any atom is -0.465 e. The van der Waals surface area contributed by atoms with E-state index >= 15 is 0 Å². The van der Waals surface area contributed by atoms with Crippen molar-refractivity contribution in [1.82, 2.24) is 0 Å². The van der Waals surface area contributed by atoms with Crippen LogP contribution in [0.5, 0.6) is 0 Å². The van der Waals surface area contributed by atoms with Gasteiger partial charge in [-0.25, -0.2) is 0 Å². The molecule has 0 aromatic carbocycles. The maximum Gasteiger partial charge on any atom is 0.320 e. The van der Waals surface area contributed by atoms with Crippen LogP contribution in [-0.4, -0.2) is 18.4 Å². The van der Waals surface area contributed by atoms with E-state index in [9.17, 15) is 9.59 Å². The van der Waals surface area contributed by atoms with Gasteiger partial charge in [0.15, 0.2) is 0 Å². The number of carbonyl (C=O) groups excluding carboxylic acids is 2. The lowest BCUT2D eigenvalue weighted by Gasteiger charge is -2.07. The molecule has 0 radical (unpaired) electrons. The predicted octanol–water partition coefficient (Wildman–Crippen LogP) is 2.07. The second kappa shape index (κ2) is 6.00. The smallest absolute Gasteiger partial charge is 0.320 e. The molecule has 5 heteroatoms. The molecule has 1 atom stereocenters. The number of hydrogen-bond acceptors (Lipinski definition) is 3. The normalized spacial score (nSPS) is 11.7. The van der Waals surface area contributed by atoms with Gasteiger partial charge in [0.1, 0.15) is 16.2 Å². The van der Waals surface area contributed by atoms with Crippen molar-refractivity contribution in [2.45, 2.75) is 13.8 Å². The van der Waals surface area contributed by atoms with E-state index in [1.54, 1.807) is 6.92 Å². The standard InChI is InChI=1S/C8H10Cl2O3/c1-3-13-8(12)6(5(2)11)4-7(9)10/h4,6H,3H2,1-2H3/t6-/m1/s1. The average Bonchev–Trinajstić information content (AvgIpc) is 1.99. The van der Waals surface area contributed by atoms with Crippen LogP contribution < -0.4 is 0 Å². The molecule has 0 spiro atoms. The number of rotatable bonds is 4. The summed E-state index contributed by atoms with van der Waals surface area (Å²) in [5.41, 5.74) is 0. The lowest BCUT2D eigenvalue weighted by molar-refractivity contribution is -0.149. The summed E-state index contributed by atoms with van der Waals surface area (Å²) in [5, 5.41) is 0. The third kappa shape index (κ3) is 4.90. The molecule has 0 rings (SSSR count). The molecule has 0 N–H and O–H groups in total. The summed E-state index contributed by atoms with van der Waals surface area (Å²) in [5.74, 6) is -1.98. The van der Waals surface area contributed by atoms with Crippen molar-refractivity contribution in [1.29, 1.82) is 0 Å². The van der Waals surface area contributed by atoms with Gasteiger partial charge in [-0.1, -0.05) is 23.2 Å². The van der Waals surface area contributed by atoms with Gasteiger partial charge >= 0.3 is 5.97 Å². The van der Waals surface area contributed by atoms with Gasteiger partial charge in [0.2, 0.25) is 0 Å². The molecule has 0 aromatic heterocycles. The number of ether oxygens (including phenoxy) is 1. The number of ketones is 1. The molecule has 0 aliphatic heterocycles. The van der Waals surface area contributed by atoms with Crippen molar-refractivity contribution in [3.05, 3.63) is 10.6 Å².